The maximum absolute atomic E-state index is 4.98. The Labute approximate surface area is 118 Å². The molecular formula is C14H19NOS2. The van der Waals surface area contributed by atoms with Crippen molar-refractivity contribution in [1.82, 2.24) is 0 Å². The molecule has 1 heterocycles. The van der Waals surface area contributed by atoms with E-state index in [1.165, 1.54) is 11.5 Å². The smallest absolute Gasteiger partial charge is 0.106 e. The Morgan fingerprint density at radius 1 is 1.28 bits per heavy atom. The first-order valence-corrected chi connectivity index (χ1v) is 8.14. The van der Waals surface area contributed by atoms with Crippen LogP contribution in [0.3, 0.4) is 0 Å². The molecule has 1 saturated heterocycles. The summed E-state index contributed by atoms with van der Waals surface area (Å²) < 4.78 is 0.350. The molecule has 1 aromatic carbocycles. The number of rotatable bonds is 5. The van der Waals surface area contributed by atoms with Crippen molar-refractivity contribution in [2.45, 2.75) is 23.8 Å². The van der Waals surface area contributed by atoms with Gasteiger partial charge >= 0.3 is 0 Å². The molecule has 0 radical (unpaired) electrons. The van der Waals surface area contributed by atoms with Gasteiger partial charge in [-0.1, -0.05) is 35.5 Å². The van der Waals surface area contributed by atoms with Crippen molar-refractivity contribution < 1.29 is 4.84 Å². The summed E-state index contributed by atoms with van der Waals surface area (Å²) >= 11 is 4.13. The fourth-order valence-corrected chi connectivity index (χ4v) is 4.89. The van der Waals surface area contributed by atoms with Crippen LogP contribution in [0, 0.1) is 0 Å². The van der Waals surface area contributed by atoms with Crippen LogP contribution in [-0.4, -0.2) is 28.4 Å². The number of benzene rings is 1. The van der Waals surface area contributed by atoms with Crippen molar-refractivity contribution in [1.29, 1.82) is 0 Å². The topological polar surface area (TPSA) is 21.6 Å². The standard InChI is InChI=1S/C14H19NOS2/c1-14(17-10-11-18-14)9-8-13(15-16-2)12-6-4-3-5-7-12/h3-7H,8-11H2,1-2H3/b15-13-. The van der Waals surface area contributed by atoms with Crippen LogP contribution in [0.5, 0.6) is 0 Å². The van der Waals surface area contributed by atoms with Crippen molar-refractivity contribution in [2.24, 2.45) is 5.16 Å². The van der Waals surface area contributed by atoms with E-state index in [-0.39, 0.29) is 0 Å². The fraction of sp³-hybridized carbons (Fsp3) is 0.500. The summed E-state index contributed by atoms with van der Waals surface area (Å²) in [4.78, 5) is 4.98. The van der Waals surface area contributed by atoms with Crippen LogP contribution in [-0.2, 0) is 4.84 Å². The summed E-state index contributed by atoms with van der Waals surface area (Å²) in [6.45, 7) is 2.34. The lowest BCUT2D eigenvalue weighted by Gasteiger charge is -2.21. The van der Waals surface area contributed by atoms with E-state index in [2.05, 4.69) is 47.7 Å². The molecule has 18 heavy (non-hydrogen) atoms. The van der Waals surface area contributed by atoms with Crippen LogP contribution < -0.4 is 0 Å². The van der Waals surface area contributed by atoms with Crippen LogP contribution in [0.4, 0.5) is 0 Å². The molecule has 1 aliphatic rings. The summed E-state index contributed by atoms with van der Waals surface area (Å²) in [5.41, 5.74) is 2.21. The van der Waals surface area contributed by atoms with Gasteiger partial charge in [0.15, 0.2) is 0 Å². The summed E-state index contributed by atoms with van der Waals surface area (Å²) in [7, 11) is 1.61. The molecule has 0 aromatic heterocycles. The minimum Gasteiger partial charge on any atom is -0.399 e. The van der Waals surface area contributed by atoms with Crippen molar-refractivity contribution in [3.05, 3.63) is 35.9 Å². The minimum absolute atomic E-state index is 0.350. The average molecular weight is 281 g/mol. The number of thioether (sulfide) groups is 2. The molecule has 2 rings (SSSR count). The molecule has 0 atom stereocenters. The van der Waals surface area contributed by atoms with Crippen molar-refractivity contribution in [3.63, 3.8) is 0 Å². The van der Waals surface area contributed by atoms with E-state index in [9.17, 15) is 0 Å². The van der Waals surface area contributed by atoms with E-state index >= 15 is 0 Å². The normalized spacial score (nSPS) is 18.9. The van der Waals surface area contributed by atoms with Gasteiger partial charge in [-0.2, -0.15) is 0 Å². The van der Waals surface area contributed by atoms with Gasteiger partial charge in [0, 0.05) is 11.5 Å². The van der Waals surface area contributed by atoms with Gasteiger partial charge in [0.25, 0.3) is 0 Å². The van der Waals surface area contributed by atoms with Crippen molar-refractivity contribution in [2.75, 3.05) is 18.6 Å². The minimum atomic E-state index is 0.350. The van der Waals surface area contributed by atoms with E-state index in [0.29, 0.717) is 4.08 Å². The Balaban J connectivity index is 2.02. The van der Waals surface area contributed by atoms with Crippen LogP contribution in [0.2, 0.25) is 0 Å². The summed E-state index contributed by atoms with van der Waals surface area (Å²) in [6.07, 6.45) is 2.10. The Morgan fingerprint density at radius 2 is 1.94 bits per heavy atom. The second kappa shape index (κ2) is 6.53. The largest absolute Gasteiger partial charge is 0.399 e. The molecule has 0 aliphatic carbocycles. The number of oxime groups is 1. The highest BCUT2D eigenvalue weighted by molar-refractivity contribution is 8.21. The van der Waals surface area contributed by atoms with Gasteiger partial charge in [-0.3, -0.25) is 0 Å². The zero-order chi connectivity index (χ0) is 12.8. The van der Waals surface area contributed by atoms with Gasteiger partial charge in [-0.15, -0.1) is 23.5 Å². The van der Waals surface area contributed by atoms with Crippen LogP contribution in [0.25, 0.3) is 0 Å². The number of hydrogen-bond donors (Lipinski definition) is 0. The van der Waals surface area contributed by atoms with Gasteiger partial charge in [0.05, 0.1) is 9.79 Å². The van der Waals surface area contributed by atoms with Gasteiger partial charge in [0.2, 0.25) is 0 Å². The number of nitrogens with zero attached hydrogens (tertiary/aromatic N) is 1. The fourth-order valence-electron chi connectivity index (χ4n) is 2.03. The highest BCUT2D eigenvalue weighted by atomic mass is 32.2. The first kappa shape index (κ1) is 13.8. The lowest BCUT2D eigenvalue weighted by Crippen LogP contribution is -2.14. The molecule has 1 aromatic rings. The van der Waals surface area contributed by atoms with Gasteiger partial charge < -0.3 is 4.84 Å². The van der Waals surface area contributed by atoms with Gasteiger partial charge in [0.1, 0.15) is 7.11 Å². The SMILES string of the molecule is CO/N=C(/CCC1(C)SCCS1)c1ccccc1. The molecule has 1 aliphatic heterocycles. The highest BCUT2D eigenvalue weighted by Crippen LogP contribution is 2.46. The van der Waals surface area contributed by atoms with E-state index in [1.54, 1.807) is 7.11 Å². The maximum atomic E-state index is 4.98. The monoisotopic (exact) mass is 281 g/mol. The second-order valence-corrected chi connectivity index (χ2v) is 7.87. The molecular weight excluding hydrogens is 262 g/mol. The third-order valence-corrected chi connectivity index (χ3v) is 6.43. The third kappa shape index (κ3) is 3.69. The zero-order valence-electron chi connectivity index (χ0n) is 10.9. The maximum Gasteiger partial charge on any atom is 0.106 e. The van der Waals surface area contributed by atoms with E-state index in [4.69, 9.17) is 4.84 Å². The molecule has 0 N–H and O–H groups in total. The zero-order valence-corrected chi connectivity index (χ0v) is 12.5. The molecule has 0 saturated carbocycles. The first-order chi connectivity index (χ1) is 8.73. The van der Waals surface area contributed by atoms with Crippen LogP contribution >= 0.6 is 23.5 Å². The summed E-state index contributed by atoms with van der Waals surface area (Å²) in [5, 5.41) is 4.18. The Morgan fingerprint density at radius 3 is 2.56 bits per heavy atom. The van der Waals surface area contributed by atoms with E-state index in [0.717, 1.165) is 24.1 Å². The molecule has 0 amide bonds. The van der Waals surface area contributed by atoms with Crippen molar-refractivity contribution in [3.8, 4) is 0 Å². The molecule has 0 unspecified atom stereocenters. The summed E-state index contributed by atoms with van der Waals surface area (Å²) in [5.74, 6) is 2.53. The predicted molar refractivity (Wildman–Crippen MR) is 82.5 cm³/mol. The Hall–Kier alpha value is -0.610. The molecule has 0 bridgehead atoms. The van der Waals surface area contributed by atoms with Gasteiger partial charge in [-0.25, -0.2) is 0 Å². The second-order valence-electron chi connectivity index (χ2n) is 4.42. The quantitative estimate of drug-likeness (QED) is 0.601. The molecule has 98 valence electrons. The van der Waals surface area contributed by atoms with Crippen molar-refractivity contribution >= 4 is 29.2 Å². The predicted octanol–water partition coefficient (Wildman–Crippen LogP) is 4.01. The van der Waals surface area contributed by atoms with E-state index < -0.39 is 0 Å². The lowest BCUT2D eigenvalue weighted by atomic mass is 10.0. The summed E-state index contributed by atoms with van der Waals surface area (Å²) in [6, 6.07) is 10.3. The lowest BCUT2D eigenvalue weighted by molar-refractivity contribution is 0.212. The number of hydrogen-bond acceptors (Lipinski definition) is 4. The van der Waals surface area contributed by atoms with Crippen LogP contribution in [0.15, 0.2) is 35.5 Å². The molecule has 2 nitrogen and oxygen atoms in total. The Bertz CT molecular complexity index is 400. The molecule has 4 heteroatoms. The highest BCUT2D eigenvalue weighted by Gasteiger charge is 2.30. The third-order valence-electron chi connectivity index (χ3n) is 3.02. The van der Waals surface area contributed by atoms with Gasteiger partial charge in [-0.05, 0) is 25.3 Å². The first-order valence-electron chi connectivity index (χ1n) is 6.17. The Kier molecular flexibility index (Phi) is 5.01. The van der Waals surface area contributed by atoms with Crippen LogP contribution in [0.1, 0.15) is 25.3 Å². The molecule has 1 fully saturated rings. The molecule has 0 spiro atoms. The van der Waals surface area contributed by atoms with E-state index in [1.807, 2.05) is 18.2 Å². The average Bonchev–Trinajstić information content (AvgIpc) is 2.83.